The molecule has 0 aliphatic heterocycles. The SMILES string of the molecule is Cc1nn(C)cc1COc1ccc(Cl)cc1N. The van der Waals surface area contributed by atoms with E-state index in [2.05, 4.69) is 5.10 Å². The van der Waals surface area contributed by atoms with Crippen molar-refractivity contribution < 1.29 is 4.74 Å². The van der Waals surface area contributed by atoms with Crippen LogP contribution in [0.2, 0.25) is 5.02 Å². The lowest BCUT2D eigenvalue weighted by molar-refractivity contribution is 0.307. The second-order valence-electron chi connectivity index (χ2n) is 3.88. The van der Waals surface area contributed by atoms with Crippen LogP contribution in [0.15, 0.2) is 24.4 Å². The summed E-state index contributed by atoms with van der Waals surface area (Å²) in [5.74, 6) is 0.637. The number of hydrogen-bond donors (Lipinski definition) is 1. The summed E-state index contributed by atoms with van der Waals surface area (Å²) in [6, 6.07) is 5.19. The molecule has 17 heavy (non-hydrogen) atoms. The standard InChI is InChI=1S/C12H14ClN3O/c1-8-9(6-16(2)15-8)7-17-12-4-3-10(13)5-11(12)14/h3-6H,7,14H2,1-2H3. The summed E-state index contributed by atoms with van der Waals surface area (Å²) in [6.07, 6.45) is 1.93. The first-order chi connectivity index (χ1) is 8.06. The Bertz CT molecular complexity index is 537. The Kier molecular flexibility index (Phi) is 3.24. The Hall–Kier alpha value is -1.68. The molecule has 0 fully saturated rings. The minimum absolute atomic E-state index is 0.450. The summed E-state index contributed by atoms with van der Waals surface area (Å²) >= 11 is 5.81. The van der Waals surface area contributed by atoms with Crippen molar-refractivity contribution in [3.05, 3.63) is 40.7 Å². The quantitative estimate of drug-likeness (QED) is 0.853. The van der Waals surface area contributed by atoms with Crippen molar-refractivity contribution in [3.63, 3.8) is 0 Å². The molecule has 1 aromatic carbocycles. The van der Waals surface area contributed by atoms with E-state index in [0.29, 0.717) is 23.1 Å². The largest absolute Gasteiger partial charge is 0.487 e. The van der Waals surface area contributed by atoms with Crippen molar-refractivity contribution in [1.82, 2.24) is 9.78 Å². The molecule has 0 unspecified atom stereocenters. The van der Waals surface area contributed by atoms with Crippen LogP contribution in [-0.2, 0) is 13.7 Å². The smallest absolute Gasteiger partial charge is 0.142 e. The maximum absolute atomic E-state index is 5.81. The van der Waals surface area contributed by atoms with Crippen LogP contribution < -0.4 is 10.5 Å². The van der Waals surface area contributed by atoms with Gasteiger partial charge in [-0.15, -0.1) is 0 Å². The van der Waals surface area contributed by atoms with Crippen LogP contribution in [0, 0.1) is 6.92 Å². The lowest BCUT2D eigenvalue weighted by atomic mass is 10.2. The first-order valence-corrected chi connectivity index (χ1v) is 5.61. The molecule has 0 bridgehead atoms. The molecule has 0 amide bonds. The van der Waals surface area contributed by atoms with Crippen LogP contribution in [0.25, 0.3) is 0 Å². The van der Waals surface area contributed by atoms with E-state index >= 15 is 0 Å². The van der Waals surface area contributed by atoms with Gasteiger partial charge >= 0.3 is 0 Å². The van der Waals surface area contributed by atoms with E-state index in [9.17, 15) is 0 Å². The lowest BCUT2D eigenvalue weighted by Crippen LogP contribution is -1.99. The number of rotatable bonds is 3. The average molecular weight is 252 g/mol. The number of nitrogen functional groups attached to an aromatic ring is 1. The fraction of sp³-hybridized carbons (Fsp3) is 0.250. The Balaban J connectivity index is 2.10. The zero-order chi connectivity index (χ0) is 12.4. The van der Waals surface area contributed by atoms with Crippen LogP contribution in [0.1, 0.15) is 11.3 Å². The summed E-state index contributed by atoms with van der Waals surface area (Å²) < 4.78 is 7.40. The Morgan fingerprint density at radius 1 is 1.47 bits per heavy atom. The third kappa shape index (κ3) is 2.71. The van der Waals surface area contributed by atoms with Gasteiger partial charge in [0.2, 0.25) is 0 Å². The number of benzene rings is 1. The van der Waals surface area contributed by atoms with Gasteiger partial charge in [0.1, 0.15) is 12.4 Å². The van der Waals surface area contributed by atoms with Gasteiger partial charge in [0.25, 0.3) is 0 Å². The van der Waals surface area contributed by atoms with Gasteiger partial charge in [0.15, 0.2) is 0 Å². The number of aryl methyl sites for hydroxylation is 2. The Morgan fingerprint density at radius 2 is 2.24 bits per heavy atom. The van der Waals surface area contributed by atoms with Gasteiger partial charge in [0.05, 0.1) is 11.4 Å². The molecule has 0 aliphatic carbocycles. The van der Waals surface area contributed by atoms with Crippen molar-refractivity contribution in [2.24, 2.45) is 7.05 Å². The number of aromatic nitrogens is 2. The van der Waals surface area contributed by atoms with Gasteiger partial charge < -0.3 is 10.5 Å². The monoisotopic (exact) mass is 251 g/mol. The fourth-order valence-electron chi connectivity index (χ4n) is 1.60. The van der Waals surface area contributed by atoms with Gasteiger partial charge in [0, 0.05) is 23.8 Å². The molecule has 0 saturated heterocycles. The highest BCUT2D eigenvalue weighted by Gasteiger charge is 2.06. The van der Waals surface area contributed by atoms with E-state index in [-0.39, 0.29) is 0 Å². The molecule has 0 spiro atoms. The maximum Gasteiger partial charge on any atom is 0.142 e. The molecule has 2 rings (SSSR count). The van der Waals surface area contributed by atoms with E-state index in [1.165, 1.54) is 0 Å². The topological polar surface area (TPSA) is 53.1 Å². The highest BCUT2D eigenvalue weighted by molar-refractivity contribution is 6.30. The van der Waals surface area contributed by atoms with Crippen LogP contribution in [0.4, 0.5) is 5.69 Å². The molecule has 5 heteroatoms. The van der Waals surface area contributed by atoms with Crippen molar-refractivity contribution in [1.29, 1.82) is 0 Å². The lowest BCUT2D eigenvalue weighted by Gasteiger charge is -2.08. The average Bonchev–Trinajstić information content (AvgIpc) is 2.56. The van der Waals surface area contributed by atoms with Gasteiger partial charge in [-0.3, -0.25) is 4.68 Å². The second kappa shape index (κ2) is 4.67. The molecule has 1 heterocycles. The summed E-state index contributed by atoms with van der Waals surface area (Å²) in [7, 11) is 1.88. The molecule has 0 saturated carbocycles. The van der Waals surface area contributed by atoms with Crippen LogP contribution in [-0.4, -0.2) is 9.78 Å². The zero-order valence-corrected chi connectivity index (χ0v) is 10.5. The van der Waals surface area contributed by atoms with E-state index in [1.807, 2.05) is 20.2 Å². The summed E-state index contributed by atoms with van der Waals surface area (Å²) in [5.41, 5.74) is 8.34. The molecule has 1 aromatic heterocycles. The highest BCUT2D eigenvalue weighted by atomic mass is 35.5. The first kappa shape index (κ1) is 11.8. The molecule has 0 atom stereocenters. The second-order valence-corrected chi connectivity index (χ2v) is 4.32. The summed E-state index contributed by atoms with van der Waals surface area (Å²) in [4.78, 5) is 0. The number of ether oxygens (including phenoxy) is 1. The summed E-state index contributed by atoms with van der Waals surface area (Å²) in [5, 5.41) is 4.85. The minimum atomic E-state index is 0.450. The van der Waals surface area contributed by atoms with Crippen LogP contribution >= 0.6 is 11.6 Å². The van der Waals surface area contributed by atoms with E-state index in [1.54, 1.807) is 22.9 Å². The predicted octanol–water partition coefficient (Wildman–Crippen LogP) is 2.54. The van der Waals surface area contributed by atoms with Crippen LogP contribution in [0.5, 0.6) is 5.75 Å². The fourth-order valence-corrected chi connectivity index (χ4v) is 1.78. The van der Waals surface area contributed by atoms with Gasteiger partial charge in [-0.05, 0) is 25.1 Å². The molecule has 0 aliphatic rings. The highest BCUT2D eigenvalue weighted by Crippen LogP contribution is 2.25. The number of nitrogens with two attached hydrogens (primary N) is 1. The predicted molar refractivity (Wildman–Crippen MR) is 68.1 cm³/mol. The van der Waals surface area contributed by atoms with Crippen molar-refractivity contribution in [3.8, 4) is 5.75 Å². The number of nitrogens with zero attached hydrogens (tertiary/aromatic N) is 2. The Labute approximate surface area is 105 Å². The normalized spacial score (nSPS) is 10.5. The molecular weight excluding hydrogens is 238 g/mol. The number of halogens is 1. The molecular formula is C12H14ClN3O. The van der Waals surface area contributed by atoms with Gasteiger partial charge in [-0.25, -0.2) is 0 Å². The number of anilines is 1. The molecule has 0 radical (unpaired) electrons. The van der Waals surface area contributed by atoms with Crippen molar-refractivity contribution >= 4 is 17.3 Å². The van der Waals surface area contributed by atoms with Crippen molar-refractivity contribution in [2.75, 3.05) is 5.73 Å². The molecule has 4 nitrogen and oxygen atoms in total. The third-order valence-electron chi connectivity index (χ3n) is 2.47. The van der Waals surface area contributed by atoms with E-state index in [0.717, 1.165) is 11.3 Å². The third-order valence-corrected chi connectivity index (χ3v) is 2.71. The molecule has 2 N–H and O–H groups in total. The van der Waals surface area contributed by atoms with Gasteiger partial charge in [-0.2, -0.15) is 5.10 Å². The first-order valence-electron chi connectivity index (χ1n) is 5.23. The van der Waals surface area contributed by atoms with E-state index < -0.39 is 0 Å². The zero-order valence-electron chi connectivity index (χ0n) is 9.77. The van der Waals surface area contributed by atoms with Crippen molar-refractivity contribution in [2.45, 2.75) is 13.5 Å². The van der Waals surface area contributed by atoms with Crippen LogP contribution in [0.3, 0.4) is 0 Å². The maximum atomic E-state index is 5.81. The number of hydrogen-bond acceptors (Lipinski definition) is 3. The minimum Gasteiger partial charge on any atom is -0.487 e. The Morgan fingerprint density at radius 3 is 2.82 bits per heavy atom. The molecule has 90 valence electrons. The molecule has 2 aromatic rings. The van der Waals surface area contributed by atoms with E-state index in [4.69, 9.17) is 22.1 Å². The van der Waals surface area contributed by atoms with Gasteiger partial charge in [-0.1, -0.05) is 11.6 Å². The summed E-state index contributed by atoms with van der Waals surface area (Å²) in [6.45, 7) is 2.40.